The normalized spacial score (nSPS) is 11.9. The van der Waals surface area contributed by atoms with E-state index in [2.05, 4.69) is 10.6 Å². The smallest absolute Gasteiger partial charge is 0.234 e. The summed E-state index contributed by atoms with van der Waals surface area (Å²) < 4.78 is 18.7. The summed E-state index contributed by atoms with van der Waals surface area (Å²) in [5.41, 5.74) is 1.51. The molecule has 0 fully saturated rings. The number of hydrogen-bond donors (Lipinski definition) is 2. The number of halogens is 3. The Hall–Kier alpha value is -1.82. The molecular formula is C18H19Cl2FN2O2. The minimum Gasteiger partial charge on any atom is -0.497 e. The van der Waals surface area contributed by atoms with Gasteiger partial charge in [-0.2, -0.15) is 0 Å². The first-order valence-electron chi connectivity index (χ1n) is 7.68. The summed E-state index contributed by atoms with van der Waals surface area (Å²) in [7, 11) is 1.60. The molecule has 0 aliphatic heterocycles. The van der Waals surface area contributed by atoms with Crippen LogP contribution in [0.25, 0.3) is 0 Å². The number of hydrogen-bond acceptors (Lipinski definition) is 3. The molecule has 0 bridgehead atoms. The van der Waals surface area contributed by atoms with Gasteiger partial charge in [-0.15, -0.1) is 0 Å². The molecule has 0 saturated heterocycles. The standard InChI is InChI=1S/C18H19Cl2FN2O2/c1-11(14-7-17(21)16(20)8-15(14)19)22-10-18(24)23-9-12-3-5-13(25-2)6-4-12/h3-8,11,22H,9-10H2,1-2H3,(H,23,24)/t11-/m0/s1. The third-order valence-electron chi connectivity index (χ3n) is 3.72. The van der Waals surface area contributed by atoms with Crippen molar-refractivity contribution in [2.24, 2.45) is 0 Å². The number of methoxy groups -OCH3 is 1. The molecule has 0 spiro atoms. The van der Waals surface area contributed by atoms with Crippen LogP contribution >= 0.6 is 23.2 Å². The molecule has 0 radical (unpaired) electrons. The lowest BCUT2D eigenvalue weighted by Crippen LogP contribution is -2.34. The van der Waals surface area contributed by atoms with Crippen molar-refractivity contribution in [3.05, 3.63) is 63.4 Å². The number of rotatable bonds is 7. The summed E-state index contributed by atoms with van der Waals surface area (Å²) in [6.45, 7) is 2.29. The molecule has 0 aliphatic rings. The van der Waals surface area contributed by atoms with Crippen LogP contribution in [-0.4, -0.2) is 19.6 Å². The maximum atomic E-state index is 13.6. The van der Waals surface area contributed by atoms with Gasteiger partial charge in [-0.3, -0.25) is 4.79 Å². The second-order valence-electron chi connectivity index (χ2n) is 5.52. The van der Waals surface area contributed by atoms with Crippen molar-refractivity contribution in [2.75, 3.05) is 13.7 Å². The van der Waals surface area contributed by atoms with Gasteiger partial charge >= 0.3 is 0 Å². The molecule has 1 amide bonds. The van der Waals surface area contributed by atoms with Crippen molar-refractivity contribution in [1.82, 2.24) is 10.6 Å². The molecule has 25 heavy (non-hydrogen) atoms. The summed E-state index contributed by atoms with van der Waals surface area (Å²) >= 11 is 11.8. The van der Waals surface area contributed by atoms with E-state index in [1.807, 2.05) is 24.3 Å². The van der Waals surface area contributed by atoms with E-state index in [1.165, 1.54) is 12.1 Å². The van der Waals surface area contributed by atoms with E-state index in [1.54, 1.807) is 14.0 Å². The Balaban J connectivity index is 1.83. The minimum absolute atomic E-state index is 0.0295. The van der Waals surface area contributed by atoms with E-state index >= 15 is 0 Å². The topological polar surface area (TPSA) is 50.4 Å². The van der Waals surface area contributed by atoms with Crippen LogP contribution < -0.4 is 15.4 Å². The highest BCUT2D eigenvalue weighted by Crippen LogP contribution is 2.28. The number of carbonyl (C=O) groups excluding carboxylic acids is 1. The number of carbonyl (C=O) groups is 1. The quantitative estimate of drug-likeness (QED) is 0.706. The Morgan fingerprint density at radius 2 is 1.88 bits per heavy atom. The van der Waals surface area contributed by atoms with E-state index < -0.39 is 5.82 Å². The minimum atomic E-state index is -0.543. The van der Waals surface area contributed by atoms with Crippen molar-refractivity contribution < 1.29 is 13.9 Å². The molecule has 2 aromatic rings. The monoisotopic (exact) mass is 384 g/mol. The largest absolute Gasteiger partial charge is 0.497 e. The van der Waals surface area contributed by atoms with Gasteiger partial charge in [0.1, 0.15) is 11.6 Å². The fraction of sp³-hybridized carbons (Fsp3) is 0.278. The molecule has 1 atom stereocenters. The molecule has 0 heterocycles. The van der Waals surface area contributed by atoms with Crippen LogP contribution in [0, 0.1) is 5.82 Å². The van der Waals surface area contributed by atoms with Gasteiger partial charge < -0.3 is 15.4 Å². The molecule has 2 aromatic carbocycles. The average Bonchev–Trinajstić information content (AvgIpc) is 2.61. The molecule has 2 N–H and O–H groups in total. The van der Waals surface area contributed by atoms with Gasteiger partial charge in [0.05, 0.1) is 18.7 Å². The summed E-state index contributed by atoms with van der Waals surface area (Å²) in [6.07, 6.45) is 0. The average molecular weight is 385 g/mol. The fourth-order valence-corrected chi connectivity index (χ4v) is 2.78. The van der Waals surface area contributed by atoms with Gasteiger partial charge in [-0.1, -0.05) is 35.3 Å². The predicted octanol–water partition coefficient (Wildman–Crippen LogP) is 4.11. The SMILES string of the molecule is COc1ccc(CNC(=O)CN[C@@H](C)c2cc(F)c(Cl)cc2Cl)cc1. The van der Waals surface area contributed by atoms with Gasteiger partial charge in [-0.05, 0) is 42.3 Å². The zero-order valence-electron chi connectivity index (χ0n) is 13.9. The highest BCUT2D eigenvalue weighted by molar-refractivity contribution is 6.35. The van der Waals surface area contributed by atoms with Crippen molar-refractivity contribution in [3.63, 3.8) is 0 Å². The van der Waals surface area contributed by atoms with E-state index in [9.17, 15) is 9.18 Å². The number of ether oxygens (including phenoxy) is 1. The lowest BCUT2D eigenvalue weighted by Gasteiger charge is -2.16. The van der Waals surface area contributed by atoms with Crippen molar-refractivity contribution in [1.29, 1.82) is 0 Å². The molecule has 2 rings (SSSR count). The Bertz CT molecular complexity index is 739. The first-order valence-corrected chi connectivity index (χ1v) is 8.43. The Morgan fingerprint density at radius 1 is 1.20 bits per heavy atom. The molecular weight excluding hydrogens is 366 g/mol. The van der Waals surface area contributed by atoms with Gasteiger partial charge in [0.25, 0.3) is 0 Å². The van der Waals surface area contributed by atoms with Gasteiger partial charge in [0, 0.05) is 17.6 Å². The lowest BCUT2D eigenvalue weighted by atomic mass is 10.1. The maximum absolute atomic E-state index is 13.6. The molecule has 0 saturated carbocycles. The van der Waals surface area contributed by atoms with Crippen LogP contribution in [0.4, 0.5) is 4.39 Å². The van der Waals surface area contributed by atoms with Crippen molar-refractivity contribution >= 4 is 29.1 Å². The molecule has 7 heteroatoms. The van der Waals surface area contributed by atoms with Crippen LogP contribution in [0.3, 0.4) is 0 Å². The number of amides is 1. The molecule has 0 aromatic heterocycles. The Morgan fingerprint density at radius 3 is 2.52 bits per heavy atom. The second-order valence-corrected chi connectivity index (χ2v) is 6.33. The Labute approximate surface area is 156 Å². The van der Waals surface area contributed by atoms with E-state index in [4.69, 9.17) is 27.9 Å². The van der Waals surface area contributed by atoms with Crippen LogP contribution in [0.2, 0.25) is 10.0 Å². The van der Waals surface area contributed by atoms with E-state index in [0.29, 0.717) is 17.1 Å². The lowest BCUT2D eigenvalue weighted by molar-refractivity contribution is -0.120. The molecule has 134 valence electrons. The van der Waals surface area contributed by atoms with Gasteiger partial charge in [0.15, 0.2) is 0 Å². The van der Waals surface area contributed by atoms with Crippen LogP contribution in [0.5, 0.6) is 5.75 Å². The number of nitrogens with one attached hydrogen (secondary N) is 2. The van der Waals surface area contributed by atoms with Gasteiger partial charge in [-0.25, -0.2) is 4.39 Å². The highest BCUT2D eigenvalue weighted by atomic mass is 35.5. The van der Waals surface area contributed by atoms with Crippen LogP contribution in [-0.2, 0) is 11.3 Å². The van der Waals surface area contributed by atoms with Crippen molar-refractivity contribution in [3.8, 4) is 5.75 Å². The zero-order valence-corrected chi connectivity index (χ0v) is 15.4. The zero-order chi connectivity index (χ0) is 18.4. The summed E-state index contributed by atoms with van der Waals surface area (Å²) in [5, 5.41) is 6.14. The molecule has 4 nitrogen and oxygen atoms in total. The first-order chi connectivity index (χ1) is 11.9. The van der Waals surface area contributed by atoms with E-state index in [-0.39, 0.29) is 23.5 Å². The number of benzene rings is 2. The predicted molar refractivity (Wildman–Crippen MR) is 97.7 cm³/mol. The molecule has 0 aliphatic carbocycles. The third-order valence-corrected chi connectivity index (χ3v) is 4.34. The van der Waals surface area contributed by atoms with E-state index in [0.717, 1.165) is 11.3 Å². The van der Waals surface area contributed by atoms with Gasteiger partial charge in [0.2, 0.25) is 5.91 Å². The van der Waals surface area contributed by atoms with Crippen LogP contribution in [0.15, 0.2) is 36.4 Å². The first kappa shape index (κ1) is 19.5. The highest BCUT2D eigenvalue weighted by Gasteiger charge is 2.14. The fourth-order valence-electron chi connectivity index (χ4n) is 2.23. The summed E-state index contributed by atoms with van der Waals surface area (Å²) in [6, 6.07) is 9.76. The third kappa shape index (κ3) is 5.59. The maximum Gasteiger partial charge on any atom is 0.234 e. The summed E-state index contributed by atoms with van der Waals surface area (Å²) in [5.74, 6) is 0.0459. The second kappa shape index (κ2) is 9.04. The summed E-state index contributed by atoms with van der Waals surface area (Å²) in [4.78, 5) is 12.0. The molecule has 0 unspecified atom stereocenters. The Kier molecular flexibility index (Phi) is 7.05. The van der Waals surface area contributed by atoms with Crippen LogP contribution in [0.1, 0.15) is 24.1 Å². The van der Waals surface area contributed by atoms with Crippen molar-refractivity contribution in [2.45, 2.75) is 19.5 Å².